The summed E-state index contributed by atoms with van der Waals surface area (Å²) in [5.41, 5.74) is 4.54. The summed E-state index contributed by atoms with van der Waals surface area (Å²) >= 11 is 11.3. The van der Waals surface area contributed by atoms with Crippen molar-refractivity contribution >= 4 is 35.4 Å². The SMILES string of the molecule is C=Cc1ccc(CCl)cc1.C=Cc1ccccc1CCl. The number of hydrogen-bond acceptors (Lipinski definition) is 0. The molecule has 0 spiro atoms. The van der Waals surface area contributed by atoms with Gasteiger partial charge in [-0.3, -0.25) is 0 Å². The van der Waals surface area contributed by atoms with Crippen LogP contribution in [0.5, 0.6) is 0 Å². The molecule has 2 heteroatoms. The monoisotopic (exact) mass is 304 g/mol. The molecular formula is C18H18Cl2. The first kappa shape index (κ1) is 16.6. The van der Waals surface area contributed by atoms with Crippen LogP contribution in [0, 0.1) is 0 Å². The molecule has 0 fully saturated rings. The summed E-state index contributed by atoms with van der Waals surface area (Å²) < 4.78 is 0. The first-order chi connectivity index (χ1) is 9.74. The Kier molecular flexibility index (Phi) is 7.79. The van der Waals surface area contributed by atoms with Crippen molar-refractivity contribution in [3.8, 4) is 0 Å². The van der Waals surface area contributed by atoms with Gasteiger partial charge in [-0.15, -0.1) is 23.2 Å². The van der Waals surface area contributed by atoms with Crippen molar-refractivity contribution in [2.75, 3.05) is 0 Å². The highest BCUT2D eigenvalue weighted by molar-refractivity contribution is 6.17. The third-order valence-electron chi connectivity index (χ3n) is 2.79. The maximum atomic E-state index is 5.66. The van der Waals surface area contributed by atoms with Gasteiger partial charge in [-0.25, -0.2) is 0 Å². The van der Waals surface area contributed by atoms with Gasteiger partial charge < -0.3 is 0 Å². The second-order valence-corrected chi connectivity index (χ2v) is 4.65. The molecule has 2 aromatic carbocycles. The molecular weight excluding hydrogens is 287 g/mol. The molecule has 20 heavy (non-hydrogen) atoms. The highest BCUT2D eigenvalue weighted by atomic mass is 35.5. The molecule has 104 valence electrons. The van der Waals surface area contributed by atoms with Gasteiger partial charge in [0.05, 0.1) is 0 Å². The second kappa shape index (κ2) is 9.41. The van der Waals surface area contributed by atoms with E-state index in [0.29, 0.717) is 11.8 Å². The Labute approximate surface area is 131 Å². The molecule has 0 nitrogen and oxygen atoms in total. The molecule has 0 radical (unpaired) electrons. The number of halogens is 2. The van der Waals surface area contributed by atoms with Crippen LogP contribution in [0.2, 0.25) is 0 Å². The van der Waals surface area contributed by atoms with Crippen molar-refractivity contribution in [1.29, 1.82) is 0 Å². The molecule has 0 aliphatic carbocycles. The van der Waals surface area contributed by atoms with E-state index in [-0.39, 0.29) is 0 Å². The molecule has 0 aliphatic heterocycles. The van der Waals surface area contributed by atoms with Gasteiger partial charge in [0.25, 0.3) is 0 Å². The molecule has 2 aromatic rings. The van der Waals surface area contributed by atoms with E-state index in [4.69, 9.17) is 23.2 Å². The maximum absolute atomic E-state index is 5.66. The Balaban J connectivity index is 0.000000200. The van der Waals surface area contributed by atoms with Gasteiger partial charge in [-0.05, 0) is 22.3 Å². The van der Waals surface area contributed by atoms with Crippen LogP contribution in [-0.2, 0) is 11.8 Å². The van der Waals surface area contributed by atoms with Crippen LogP contribution in [0.25, 0.3) is 12.2 Å². The third-order valence-corrected chi connectivity index (χ3v) is 3.39. The Morgan fingerprint density at radius 3 is 1.90 bits per heavy atom. The standard InChI is InChI=1S/2C9H9Cl/c1-2-8-3-5-9(7-10)6-4-8;1-2-8-5-3-4-6-9(8)7-10/h2*2-6H,1,7H2. The molecule has 0 amide bonds. The van der Waals surface area contributed by atoms with Crippen molar-refractivity contribution in [1.82, 2.24) is 0 Å². The largest absolute Gasteiger partial charge is 0.122 e. The fourth-order valence-electron chi connectivity index (χ4n) is 1.60. The van der Waals surface area contributed by atoms with Crippen molar-refractivity contribution < 1.29 is 0 Å². The zero-order chi connectivity index (χ0) is 14.8. The smallest absolute Gasteiger partial charge is 0.0479 e. The molecule has 0 aliphatic rings. The molecule has 0 aromatic heterocycles. The van der Waals surface area contributed by atoms with Crippen LogP contribution in [0.3, 0.4) is 0 Å². The Bertz CT molecular complexity index is 542. The first-order valence-electron chi connectivity index (χ1n) is 6.28. The van der Waals surface area contributed by atoms with E-state index in [9.17, 15) is 0 Å². The topological polar surface area (TPSA) is 0 Å². The molecule has 0 atom stereocenters. The van der Waals surface area contributed by atoms with E-state index < -0.39 is 0 Å². The lowest BCUT2D eigenvalue weighted by molar-refractivity contribution is 1.38. The molecule has 0 saturated carbocycles. The van der Waals surface area contributed by atoms with Gasteiger partial charge >= 0.3 is 0 Å². The fourth-order valence-corrected chi connectivity index (χ4v) is 2.02. The number of alkyl halides is 2. The number of rotatable bonds is 4. The maximum Gasteiger partial charge on any atom is 0.0479 e. The van der Waals surface area contributed by atoms with Crippen LogP contribution >= 0.6 is 23.2 Å². The van der Waals surface area contributed by atoms with Gasteiger partial charge in [0.1, 0.15) is 0 Å². The zero-order valence-corrected chi connectivity index (χ0v) is 12.9. The summed E-state index contributed by atoms with van der Waals surface area (Å²) in [7, 11) is 0. The normalized spacial score (nSPS) is 9.30. The van der Waals surface area contributed by atoms with Crippen LogP contribution < -0.4 is 0 Å². The molecule has 0 heterocycles. The highest BCUT2D eigenvalue weighted by Gasteiger charge is 1.93. The summed E-state index contributed by atoms with van der Waals surface area (Å²) in [5.74, 6) is 1.14. The van der Waals surface area contributed by atoms with E-state index in [2.05, 4.69) is 13.2 Å². The minimum absolute atomic E-state index is 0.558. The summed E-state index contributed by atoms with van der Waals surface area (Å²) in [4.78, 5) is 0. The van der Waals surface area contributed by atoms with Crippen LogP contribution in [0.1, 0.15) is 22.3 Å². The Morgan fingerprint density at radius 1 is 0.800 bits per heavy atom. The van der Waals surface area contributed by atoms with Gasteiger partial charge in [0, 0.05) is 11.8 Å². The fraction of sp³-hybridized carbons (Fsp3) is 0.111. The van der Waals surface area contributed by atoms with Crippen molar-refractivity contribution in [3.63, 3.8) is 0 Å². The van der Waals surface area contributed by atoms with E-state index in [1.54, 1.807) is 0 Å². The van der Waals surface area contributed by atoms with Gasteiger partial charge in [-0.1, -0.05) is 73.8 Å². The molecule has 2 rings (SSSR count). The van der Waals surface area contributed by atoms with Crippen LogP contribution in [0.15, 0.2) is 61.7 Å². The van der Waals surface area contributed by atoms with Crippen molar-refractivity contribution in [3.05, 3.63) is 83.9 Å². The van der Waals surface area contributed by atoms with Gasteiger partial charge in [0.15, 0.2) is 0 Å². The minimum atomic E-state index is 0.558. The average Bonchev–Trinajstić information content (AvgIpc) is 2.55. The third kappa shape index (κ3) is 5.24. The predicted octanol–water partition coefficient (Wildman–Crippen LogP) is 6.14. The first-order valence-corrected chi connectivity index (χ1v) is 7.35. The lowest BCUT2D eigenvalue weighted by Crippen LogP contribution is -1.81. The number of benzene rings is 2. The summed E-state index contributed by atoms with van der Waals surface area (Å²) in [5, 5.41) is 0. The van der Waals surface area contributed by atoms with Crippen LogP contribution in [0.4, 0.5) is 0 Å². The molecule has 0 N–H and O–H groups in total. The zero-order valence-electron chi connectivity index (χ0n) is 11.4. The molecule has 0 saturated heterocycles. The Morgan fingerprint density at radius 2 is 1.45 bits per heavy atom. The predicted molar refractivity (Wildman–Crippen MR) is 92.2 cm³/mol. The highest BCUT2D eigenvalue weighted by Crippen LogP contribution is 2.11. The van der Waals surface area contributed by atoms with Crippen molar-refractivity contribution in [2.45, 2.75) is 11.8 Å². The summed E-state index contributed by atoms with van der Waals surface area (Å²) in [6.07, 6.45) is 3.63. The second-order valence-electron chi connectivity index (χ2n) is 4.12. The van der Waals surface area contributed by atoms with E-state index in [0.717, 1.165) is 22.3 Å². The summed E-state index contributed by atoms with van der Waals surface area (Å²) in [6.45, 7) is 7.33. The Hall–Kier alpha value is -1.50. The average molecular weight is 305 g/mol. The molecule has 0 unspecified atom stereocenters. The number of hydrogen-bond donors (Lipinski definition) is 0. The van der Waals surface area contributed by atoms with Gasteiger partial charge in [-0.2, -0.15) is 0 Å². The quantitative estimate of drug-likeness (QED) is 0.595. The van der Waals surface area contributed by atoms with E-state index in [1.807, 2.05) is 60.7 Å². The van der Waals surface area contributed by atoms with Gasteiger partial charge in [0.2, 0.25) is 0 Å². The van der Waals surface area contributed by atoms with Crippen LogP contribution in [-0.4, -0.2) is 0 Å². The van der Waals surface area contributed by atoms with E-state index >= 15 is 0 Å². The van der Waals surface area contributed by atoms with E-state index in [1.165, 1.54) is 0 Å². The summed E-state index contributed by atoms with van der Waals surface area (Å²) in [6, 6.07) is 16.0. The minimum Gasteiger partial charge on any atom is -0.122 e. The van der Waals surface area contributed by atoms with Crippen molar-refractivity contribution in [2.24, 2.45) is 0 Å². The lowest BCUT2D eigenvalue weighted by atomic mass is 10.1. The molecule has 0 bridgehead atoms. The lowest BCUT2D eigenvalue weighted by Gasteiger charge is -1.98.